The SMILES string of the molecule is CCCC(CCCl)CNC(=O)c1ccn(C)c(=O)c1. The highest BCUT2D eigenvalue weighted by molar-refractivity contribution is 6.17. The number of hydrogen-bond acceptors (Lipinski definition) is 2. The molecule has 19 heavy (non-hydrogen) atoms. The number of nitrogens with one attached hydrogen (secondary N) is 1. The van der Waals surface area contributed by atoms with E-state index in [1.54, 1.807) is 19.3 Å². The van der Waals surface area contributed by atoms with Crippen LogP contribution >= 0.6 is 11.6 Å². The molecule has 0 radical (unpaired) electrons. The van der Waals surface area contributed by atoms with Crippen LogP contribution in [-0.4, -0.2) is 22.9 Å². The zero-order valence-corrected chi connectivity index (χ0v) is 12.2. The van der Waals surface area contributed by atoms with E-state index in [1.165, 1.54) is 10.6 Å². The molecule has 1 amide bonds. The molecular formula is C14H21ClN2O2. The van der Waals surface area contributed by atoms with E-state index in [1.807, 2.05) is 0 Å². The van der Waals surface area contributed by atoms with Crippen molar-refractivity contribution >= 4 is 17.5 Å². The number of alkyl halides is 1. The number of rotatable bonds is 7. The number of pyridine rings is 1. The summed E-state index contributed by atoms with van der Waals surface area (Å²) in [5.41, 5.74) is 0.225. The molecule has 1 atom stereocenters. The molecule has 1 N–H and O–H groups in total. The first-order valence-corrected chi connectivity index (χ1v) is 7.12. The van der Waals surface area contributed by atoms with Crippen molar-refractivity contribution in [2.75, 3.05) is 12.4 Å². The number of nitrogens with zero attached hydrogens (tertiary/aromatic N) is 1. The molecule has 0 fully saturated rings. The Bertz CT molecular complexity index is 465. The molecule has 1 aromatic heterocycles. The lowest BCUT2D eigenvalue weighted by atomic mass is 10.0. The minimum absolute atomic E-state index is 0.182. The second-order valence-corrected chi connectivity index (χ2v) is 5.08. The zero-order chi connectivity index (χ0) is 14.3. The van der Waals surface area contributed by atoms with Gasteiger partial charge in [-0.3, -0.25) is 9.59 Å². The summed E-state index contributed by atoms with van der Waals surface area (Å²) >= 11 is 5.75. The number of hydrogen-bond donors (Lipinski definition) is 1. The van der Waals surface area contributed by atoms with Gasteiger partial charge in [-0.2, -0.15) is 0 Å². The topological polar surface area (TPSA) is 51.1 Å². The first-order chi connectivity index (χ1) is 9.08. The fraction of sp³-hybridized carbons (Fsp3) is 0.571. The Morgan fingerprint density at radius 3 is 2.79 bits per heavy atom. The standard InChI is InChI=1S/C14H21ClN2O2/c1-3-4-11(5-7-15)10-16-14(19)12-6-8-17(2)13(18)9-12/h6,8-9,11H,3-5,7,10H2,1-2H3,(H,16,19). The van der Waals surface area contributed by atoms with Crippen molar-refractivity contribution in [3.8, 4) is 0 Å². The van der Waals surface area contributed by atoms with Crippen molar-refractivity contribution in [3.05, 3.63) is 34.2 Å². The van der Waals surface area contributed by atoms with Gasteiger partial charge in [0.05, 0.1) is 0 Å². The van der Waals surface area contributed by atoms with Crippen molar-refractivity contribution in [1.29, 1.82) is 0 Å². The van der Waals surface area contributed by atoms with Gasteiger partial charge >= 0.3 is 0 Å². The van der Waals surface area contributed by atoms with Gasteiger partial charge in [0.2, 0.25) is 0 Å². The van der Waals surface area contributed by atoms with E-state index >= 15 is 0 Å². The third-order valence-electron chi connectivity index (χ3n) is 3.13. The molecule has 1 heterocycles. The smallest absolute Gasteiger partial charge is 0.251 e. The number of aryl methyl sites for hydroxylation is 1. The summed E-state index contributed by atoms with van der Waals surface area (Å²) in [4.78, 5) is 23.4. The molecule has 1 unspecified atom stereocenters. The van der Waals surface area contributed by atoms with Crippen LogP contribution in [0.1, 0.15) is 36.5 Å². The van der Waals surface area contributed by atoms with Gasteiger partial charge in [-0.15, -0.1) is 11.6 Å². The Balaban J connectivity index is 2.58. The molecule has 1 aromatic rings. The highest BCUT2D eigenvalue weighted by Crippen LogP contribution is 2.11. The minimum atomic E-state index is -0.201. The maximum Gasteiger partial charge on any atom is 0.251 e. The maximum atomic E-state index is 11.9. The summed E-state index contributed by atoms with van der Waals surface area (Å²) in [6, 6.07) is 3.00. The van der Waals surface area contributed by atoms with Crippen LogP contribution in [0.3, 0.4) is 0 Å². The van der Waals surface area contributed by atoms with Crippen molar-refractivity contribution in [2.24, 2.45) is 13.0 Å². The van der Waals surface area contributed by atoms with Crippen molar-refractivity contribution in [3.63, 3.8) is 0 Å². The van der Waals surface area contributed by atoms with Crippen LogP contribution in [0.4, 0.5) is 0 Å². The summed E-state index contributed by atoms with van der Waals surface area (Å²) in [6.45, 7) is 2.72. The van der Waals surface area contributed by atoms with Gasteiger partial charge in [-0.05, 0) is 24.8 Å². The Morgan fingerprint density at radius 2 is 2.21 bits per heavy atom. The number of aromatic nitrogens is 1. The Morgan fingerprint density at radius 1 is 1.47 bits per heavy atom. The fourth-order valence-corrected chi connectivity index (χ4v) is 2.25. The lowest BCUT2D eigenvalue weighted by molar-refractivity contribution is 0.0945. The van der Waals surface area contributed by atoms with E-state index in [-0.39, 0.29) is 11.5 Å². The van der Waals surface area contributed by atoms with Crippen LogP contribution in [0.5, 0.6) is 0 Å². The predicted octanol–water partition coefficient (Wildman–Crippen LogP) is 2.16. The van der Waals surface area contributed by atoms with E-state index in [4.69, 9.17) is 11.6 Å². The van der Waals surface area contributed by atoms with Gasteiger partial charge < -0.3 is 9.88 Å². The van der Waals surface area contributed by atoms with E-state index in [0.717, 1.165) is 19.3 Å². The number of amides is 1. The normalized spacial score (nSPS) is 12.2. The number of carbonyl (C=O) groups is 1. The van der Waals surface area contributed by atoms with Gasteiger partial charge in [-0.25, -0.2) is 0 Å². The molecule has 0 saturated carbocycles. The predicted molar refractivity (Wildman–Crippen MR) is 77.8 cm³/mol. The molecule has 1 rings (SSSR count). The van der Waals surface area contributed by atoms with Gasteiger partial charge in [-0.1, -0.05) is 13.3 Å². The van der Waals surface area contributed by atoms with Crippen molar-refractivity contribution in [1.82, 2.24) is 9.88 Å². The number of carbonyl (C=O) groups excluding carboxylic acids is 1. The molecule has 0 aliphatic carbocycles. The summed E-state index contributed by atoms with van der Waals surface area (Å²) in [7, 11) is 1.65. The lowest BCUT2D eigenvalue weighted by Gasteiger charge is -2.15. The Labute approximate surface area is 118 Å². The average molecular weight is 285 g/mol. The highest BCUT2D eigenvalue weighted by atomic mass is 35.5. The molecule has 0 aromatic carbocycles. The summed E-state index contributed by atoms with van der Waals surface area (Å²) < 4.78 is 1.43. The Hall–Kier alpha value is -1.29. The van der Waals surface area contributed by atoms with Crippen molar-refractivity contribution in [2.45, 2.75) is 26.2 Å². The van der Waals surface area contributed by atoms with Crippen LogP contribution in [0.2, 0.25) is 0 Å². The van der Waals surface area contributed by atoms with E-state index in [0.29, 0.717) is 23.9 Å². The summed E-state index contributed by atoms with van der Waals surface area (Å²) in [6.07, 6.45) is 4.61. The van der Waals surface area contributed by atoms with E-state index in [2.05, 4.69) is 12.2 Å². The van der Waals surface area contributed by atoms with Crippen LogP contribution in [-0.2, 0) is 7.05 Å². The van der Waals surface area contributed by atoms with Crippen LogP contribution in [0.25, 0.3) is 0 Å². The fourth-order valence-electron chi connectivity index (χ4n) is 1.94. The van der Waals surface area contributed by atoms with E-state index in [9.17, 15) is 9.59 Å². The molecule has 5 heteroatoms. The van der Waals surface area contributed by atoms with Gasteiger partial charge in [0.1, 0.15) is 0 Å². The van der Waals surface area contributed by atoms with Gasteiger partial charge in [0, 0.05) is 37.3 Å². The van der Waals surface area contributed by atoms with Gasteiger partial charge in [0.25, 0.3) is 11.5 Å². The number of halogens is 1. The summed E-state index contributed by atoms with van der Waals surface area (Å²) in [5, 5.41) is 2.87. The molecule has 0 saturated heterocycles. The third-order valence-corrected chi connectivity index (χ3v) is 3.35. The zero-order valence-electron chi connectivity index (χ0n) is 11.5. The molecule has 4 nitrogen and oxygen atoms in total. The minimum Gasteiger partial charge on any atom is -0.352 e. The largest absolute Gasteiger partial charge is 0.352 e. The Kier molecular flexibility index (Phi) is 6.64. The molecule has 106 valence electrons. The molecule has 0 aliphatic heterocycles. The maximum absolute atomic E-state index is 11.9. The quantitative estimate of drug-likeness (QED) is 0.780. The van der Waals surface area contributed by atoms with Crippen LogP contribution in [0.15, 0.2) is 23.1 Å². The second-order valence-electron chi connectivity index (χ2n) is 4.71. The molecule has 0 spiro atoms. The summed E-state index contributed by atoms with van der Waals surface area (Å²) in [5.74, 6) is 0.804. The third kappa shape index (κ3) is 5.07. The highest BCUT2D eigenvalue weighted by Gasteiger charge is 2.11. The van der Waals surface area contributed by atoms with Crippen molar-refractivity contribution < 1.29 is 4.79 Å². The monoisotopic (exact) mass is 284 g/mol. The van der Waals surface area contributed by atoms with Crippen LogP contribution < -0.4 is 10.9 Å². The van der Waals surface area contributed by atoms with E-state index < -0.39 is 0 Å². The molecule has 0 aliphatic rings. The first-order valence-electron chi connectivity index (χ1n) is 6.59. The molecule has 0 bridgehead atoms. The second kappa shape index (κ2) is 8.00. The average Bonchev–Trinajstić information content (AvgIpc) is 2.39. The molecular weight excluding hydrogens is 264 g/mol. The van der Waals surface area contributed by atoms with Crippen LogP contribution in [0, 0.1) is 5.92 Å². The first kappa shape index (κ1) is 15.8. The lowest BCUT2D eigenvalue weighted by Crippen LogP contribution is -2.30. The van der Waals surface area contributed by atoms with Gasteiger partial charge in [0.15, 0.2) is 0 Å².